The quantitative estimate of drug-likeness (QED) is 0.763. The van der Waals surface area contributed by atoms with Gasteiger partial charge in [0.2, 0.25) is 5.95 Å². The first kappa shape index (κ1) is 15.9. The molecule has 8 heteroatoms. The molecule has 8 nitrogen and oxygen atoms in total. The molecule has 3 heterocycles. The van der Waals surface area contributed by atoms with Crippen molar-refractivity contribution in [2.75, 3.05) is 5.32 Å². The average Bonchev–Trinajstić information content (AvgIpc) is 3.33. The lowest BCUT2D eigenvalue weighted by molar-refractivity contribution is -0.110. The lowest BCUT2D eigenvalue weighted by atomic mass is 10.0. The Hall–Kier alpha value is -3.55. The summed E-state index contributed by atoms with van der Waals surface area (Å²) in [5.41, 5.74) is 2.30. The van der Waals surface area contributed by atoms with Gasteiger partial charge in [-0.25, -0.2) is 9.67 Å². The number of anilines is 1. The Labute approximate surface area is 149 Å². The number of oxime groups is 1. The number of hydrogen-bond acceptors (Lipinski definition) is 6. The van der Waals surface area contributed by atoms with Gasteiger partial charge in [0.25, 0.3) is 5.91 Å². The zero-order chi connectivity index (χ0) is 17.8. The summed E-state index contributed by atoms with van der Waals surface area (Å²) in [6, 6.07) is 13.5. The Morgan fingerprint density at radius 3 is 2.92 bits per heavy atom. The lowest BCUT2D eigenvalue weighted by Gasteiger charge is -2.07. The summed E-state index contributed by atoms with van der Waals surface area (Å²) in [7, 11) is 0. The molecular weight excluding hydrogens is 332 g/mol. The fourth-order valence-corrected chi connectivity index (χ4v) is 2.64. The van der Waals surface area contributed by atoms with Gasteiger partial charge in [0.1, 0.15) is 12.0 Å². The van der Waals surface area contributed by atoms with Crippen LogP contribution in [0.3, 0.4) is 0 Å². The number of hydrogen-bond donors (Lipinski definition) is 1. The zero-order valence-corrected chi connectivity index (χ0v) is 13.8. The normalized spacial score (nSPS) is 16.0. The van der Waals surface area contributed by atoms with Gasteiger partial charge in [-0.05, 0) is 17.2 Å². The van der Waals surface area contributed by atoms with Crippen molar-refractivity contribution in [1.29, 1.82) is 0 Å². The molecule has 1 N–H and O–H groups in total. The number of amides is 1. The van der Waals surface area contributed by atoms with E-state index in [1.807, 2.05) is 42.5 Å². The highest BCUT2D eigenvalue weighted by atomic mass is 16.6. The molecule has 1 aromatic carbocycles. The van der Waals surface area contributed by atoms with Crippen LogP contribution in [-0.4, -0.2) is 31.4 Å². The highest BCUT2D eigenvalue weighted by Gasteiger charge is 2.27. The maximum absolute atomic E-state index is 12.3. The molecule has 0 saturated heterocycles. The Morgan fingerprint density at radius 2 is 2.12 bits per heavy atom. The summed E-state index contributed by atoms with van der Waals surface area (Å²) in [5, 5.41) is 10.8. The second kappa shape index (κ2) is 7.14. The SMILES string of the molecule is O=C(Nc1ncn(Cc2cccnc2)n1)C1=NOC(c2ccccc2)C1. The van der Waals surface area contributed by atoms with E-state index in [4.69, 9.17) is 4.84 Å². The van der Waals surface area contributed by atoms with E-state index >= 15 is 0 Å². The van der Waals surface area contributed by atoms with Crippen molar-refractivity contribution in [3.8, 4) is 0 Å². The van der Waals surface area contributed by atoms with E-state index in [2.05, 4.69) is 25.5 Å². The van der Waals surface area contributed by atoms with Crippen LogP contribution in [0.1, 0.15) is 23.7 Å². The molecule has 2 aromatic heterocycles. The fourth-order valence-electron chi connectivity index (χ4n) is 2.64. The van der Waals surface area contributed by atoms with Gasteiger partial charge in [0.15, 0.2) is 6.10 Å². The smallest absolute Gasteiger partial charge is 0.276 e. The third-order valence-corrected chi connectivity index (χ3v) is 3.93. The number of carbonyl (C=O) groups excluding carboxylic acids is 1. The highest BCUT2D eigenvalue weighted by Crippen LogP contribution is 2.27. The van der Waals surface area contributed by atoms with Gasteiger partial charge in [-0.1, -0.05) is 41.6 Å². The van der Waals surface area contributed by atoms with Crippen molar-refractivity contribution in [2.45, 2.75) is 19.1 Å². The summed E-state index contributed by atoms with van der Waals surface area (Å²) in [6.07, 6.45) is 5.19. The van der Waals surface area contributed by atoms with Crippen molar-refractivity contribution in [3.05, 3.63) is 72.3 Å². The van der Waals surface area contributed by atoms with Crippen LogP contribution in [-0.2, 0) is 16.2 Å². The van der Waals surface area contributed by atoms with E-state index in [1.165, 1.54) is 0 Å². The first-order chi connectivity index (χ1) is 12.8. The lowest BCUT2D eigenvalue weighted by Crippen LogP contribution is -2.22. The molecule has 0 aliphatic carbocycles. The van der Waals surface area contributed by atoms with Gasteiger partial charge in [0, 0.05) is 18.8 Å². The predicted octanol–water partition coefficient (Wildman–Crippen LogP) is 2.18. The number of pyridine rings is 1. The van der Waals surface area contributed by atoms with Gasteiger partial charge < -0.3 is 4.84 Å². The van der Waals surface area contributed by atoms with Crippen LogP contribution in [0.25, 0.3) is 0 Å². The van der Waals surface area contributed by atoms with Gasteiger partial charge >= 0.3 is 0 Å². The van der Waals surface area contributed by atoms with Gasteiger partial charge in [-0.2, -0.15) is 0 Å². The molecule has 26 heavy (non-hydrogen) atoms. The van der Waals surface area contributed by atoms with E-state index in [1.54, 1.807) is 23.4 Å². The molecule has 3 aromatic rings. The first-order valence-corrected chi connectivity index (χ1v) is 8.15. The monoisotopic (exact) mass is 348 g/mol. The summed E-state index contributed by atoms with van der Waals surface area (Å²) in [5.74, 6) is -0.132. The van der Waals surface area contributed by atoms with Crippen LogP contribution in [0, 0.1) is 0 Å². The number of aromatic nitrogens is 4. The van der Waals surface area contributed by atoms with E-state index in [0.717, 1.165) is 11.1 Å². The Morgan fingerprint density at radius 1 is 1.23 bits per heavy atom. The van der Waals surface area contributed by atoms with Crippen molar-refractivity contribution in [3.63, 3.8) is 0 Å². The molecule has 4 rings (SSSR count). The van der Waals surface area contributed by atoms with Crippen LogP contribution in [0.2, 0.25) is 0 Å². The largest absolute Gasteiger partial charge is 0.387 e. The van der Waals surface area contributed by atoms with Crippen molar-refractivity contribution in [2.24, 2.45) is 5.16 Å². The molecule has 0 radical (unpaired) electrons. The van der Waals surface area contributed by atoms with E-state index in [9.17, 15) is 4.79 Å². The molecule has 130 valence electrons. The minimum atomic E-state index is -0.359. The molecule has 1 amide bonds. The molecule has 0 bridgehead atoms. The van der Waals surface area contributed by atoms with Crippen LogP contribution in [0.4, 0.5) is 5.95 Å². The van der Waals surface area contributed by atoms with Crippen LogP contribution in [0.5, 0.6) is 0 Å². The van der Waals surface area contributed by atoms with E-state index in [-0.39, 0.29) is 18.0 Å². The number of nitrogens with zero attached hydrogens (tertiary/aromatic N) is 5. The van der Waals surface area contributed by atoms with Crippen LogP contribution < -0.4 is 5.32 Å². The van der Waals surface area contributed by atoms with Gasteiger partial charge in [0.05, 0.1) is 6.54 Å². The Balaban J connectivity index is 1.35. The van der Waals surface area contributed by atoms with Crippen LogP contribution >= 0.6 is 0 Å². The highest BCUT2D eigenvalue weighted by molar-refractivity contribution is 6.43. The molecule has 1 aliphatic rings. The second-order valence-electron chi connectivity index (χ2n) is 5.83. The maximum atomic E-state index is 12.3. The van der Waals surface area contributed by atoms with Crippen LogP contribution in [0.15, 0.2) is 66.3 Å². The average molecular weight is 348 g/mol. The molecule has 0 spiro atoms. The minimum absolute atomic E-state index is 0.227. The van der Waals surface area contributed by atoms with Crippen molar-refractivity contribution >= 4 is 17.6 Å². The second-order valence-corrected chi connectivity index (χ2v) is 5.83. The topological polar surface area (TPSA) is 94.3 Å². The van der Waals surface area contributed by atoms with Gasteiger partial charge in [-0.3, -0.25) is 15.1 Å². The van der Waals surface area contributed by atoms with Gasteiger partial charge in [-0.15, -0.1) is 5.10 Å². The molecule has 0 saturated carbocycles. The molecule has 1 aliphatic heterocycles. The van der Waals surface area contributed by atoms with Crippen molar-refractivity contribution < 1.29 is 9.63 Å². The number of carbonyl (C=O) groups is 1. The summed E-state index contributed by atoms with van der Waals surface area (Å²) in [6.45, 7) is 0.525. The summed E-state index contributed by atoms with van der Waals surface area (Å²) in [4.78, 5) is 25.9. The molecule has 1 atom stereocenters. The fraction of sp³-hybridized carbons (Fsp3) is 0.167. The van der Waals surface area contributed by atoms with Crippen molar-refractivity contribution in [1.82, 2.24) is 19.7 Å². The minimum Gasteiger partial charge on any atom is -0.387 e. The summed E-state index contributed by atoms with van der Waals surface area (Å²) >= 11 is 0. The molecule has 0 fully saturated rings. The summed E-state index contributed by atoms with van der Waals surface area (Å²) < 4.78 is 1.63. The molecular formula is C18H16N6O2. The standard InChI is InChI=1S/C18H16N6O2/c25-17(15-9-16(26-23-15)14-6-2-1-3-7-14)21-18-20-12-24(22-18)11-13-5-4-8-19-10-13/h1-8,10,12,16H,9,11H2,(H,21,22,25). The predicted molar refractivity (Wildman–Crippen MR) is 94.3 cm³/mol. The number of benzene rings is 1. The third kappa shape index (κ3) is 3.59. The number of rotatable bonds is 5. The van der Waals surface area contributed by atoms with E-state index in [0.29, 0.717) is 18.7 Å². The molecule has 1 unspecified atom stereocenters. The first-order valence-electron chi connectivity index (χ1n) is 8.15. The Bertz CT molecular complexity index is 923. The number of nitrogens with one attached hydrogen (secondary N) is 1. The Kier molecular flexibility index (Phi) is 4.38. The zero-order valence-electron chi connectivity index (χ0n) is 13.8. The third-order valence-electron chi connectivity index (χ3n) is 3.93. The van der Waals surface area contributed by atoms with E-state index < -0.39 is 0 Å². The maximum Gasteiger partial charge on any atom is 0.276 e.